The van der Waals surface area contributed by atoms with Crippen molar-refractivity contribution in [2.45, 2.75) is 19.1 Å². The summed E-state index contributed by atoms with van der Waals surface area (Å²) in [6, 6.07) is 3.44. The van der Waals surface area contributed by atoms with Crippen molar-refractivity contribution < 1.29 is 23.0 Å². The molecule has 0 aromatic heterocycles. The van der Waals surface area contributed by atoms with Gasteiger partial charge in [-0.1, -0.05) is 0 Å². The van der Waals surface area contributed by atoms with Crippen molar-refractivity contribution in [3.8, 4) is 5.75 Å². The lowest BCUT2D eigenvalue weighted by Gasteiger charge is -2.22. The molecule has 3 nitrogen and oxygen atoms in total. The summed E-state index contributed by atoms with van der Waals surface area (Å²) in [5.41, 5.74) is 0. The Morgan fingerprint density at radius 3 is 2.59 bits per heavy atom. The largest absolute Gasteiger partial charge is 0.493 e. The Hall–Kier alpha value is -1.20. The number of rotatable bonds is 4. The number of ether oxygens (including phenoxy) is 3. The zero-order valence-corrected chi connectivity index (χ0v) is 9.54. The van der Waals surface area contributed by atoms with E-state index in [9.17, 15) is 8.78 Å². The van der Waals surface area contributed by atoms with Gasteiger partial charge in [0.25, 0.3) is 0 Å². The van der Waals surface area contributed by atoms with Gasteiger partial charge in [-0.05, 0) is 19.1 Å². The van der Waals surface area contributed by atoms with Gasteiger partial charge in [-0.25, -0.2) is 8.78 Å². The topological polar surface area (TPSA) is 27.7 Å². The molecule has 0 unspecified atom stereocenters. The maximum absolute atomic E-state index is 12.9. The average Bonchev–Trinajstić information content (AvgIpc) is 2.71. The van der Waals surface area contributed by atoms with Crippen LogP contribution in [0.25, 0.3) is 0 Å². The molecule has 1 aliphatic rings. The highest BCUT2D eigenvalue weighted by molar-refractivity contribution is 5.23. The van der Waals surface area contributed by atoms with Gasteiger partial charge in [0.2, 0.25) is 0 Å². The van der Waals surface area contributed by atoms with E-state index in [0.717, 1.165) is 12.1 Å². The Kier molecular flexibility index (Phi) is 3.59. The quantitative estimate of drug-likeness (QED) is 0.814. The first-order valence-electron chi connectivity index (χ1n) is 5.45. The fourth-order valence-electron chi connectivity index (χ4n) is 1.62. The van der Waals surface area contributed by atoms with Crippen LogP contribution in [0.5, 0.6) is 5.75 Å². The van der Waals surface area contributed by atoms with E-state index in [1.807, 2.05) is 6.92 Å². The molecular weight excluding hydrogens is 230 g/mol. The SMILES string of the molecule is CC1(CCOc2ccc(F)c(F)c2)OCCO1. The van der Waals surface area contributed by atoms with Gasteiger partial charge in [0.1, 0.15) is 5.75 Å². The fourth-order valence-corrected chi connectivity index (χ4v) is 1.62. The van der Waals surface area contributed by atoms with Crippen LogP contribution in [0.4, 0.5) is 8.78 Å². The molecule has 0 aliphatic carbocycles. The van der Waals surface area contributed by atoms with E-state index in [1.165, 1.54) is 6.07 Å². The smallest absolute Gasteiger partial charge is 0.168 e. The molecule has 0 saturated carbocycles. The molecule has 1 aliphatic heterocycles. The van der Waals surface area contributed by atoms with E-state index < -0.39 is 17.4 Å². The van der Waals surface area contributed by atoms with Crippen LogP contribution < -0.4 is 4.74 Å². The van der Waals surface area contributed by atoms with Gasteiger partial charge in [0.15, 0.2) is 17.4 Å². The number of hydrogen-bond donors (Lipinski definition) is 0. The Balaban J connectivity index is 1.83. The summed E-state index contributed by atoms with van der Waals surface area (Å²) in [6.45, 7) is 3.29. The van der Waals surface area contributed by atoms with Gasteiger partial charge in [0, 0.05) is 12.5 Å². The summed E-state index contributed by atoms with van der Waals surface area (Å²) in [5, 5.41) is 0. The van der Waals surface area contributed by atoms with E-state index in [4.69, 9.17) is 14.2 Å². The van der Waals surface area contributed by atoms with E-state index in [2.05, 4.69) is 0 Å². The van der Waals surface area contributed by atoms with Gasteiger partial charge >= 0.3 is 0 Å². The summed E-state index contributed by atoms with van der Waals surface area (Å²) in [6.07, 6.45) is 0.534. The minimum Gasteiger partial charge on any atom is -0.493 e. The van der Waals surface area contributed by atoms with Crippen LogP contribution in [0.2, 0.25) is 0 Å². The highest BCUT2D eigenvalue weighted by atomic mass is 19.2. The Labute approximate surface area is 98.3 Å². The summed E-state index contributed by atoms with van der Waals surface area (Å²) in [5.74, 6) is -2.13. The van der Waals surface area contributed by atoms with Gasteiger partial charge in [-0.2, -0.15) is 0 Å². The van der Waals surface area contributed by atoms with Crippen molar-refractivity contribution in [3.63, 3.8) is 0 Å². The van der Waals surface area contributed by atoms with Crippen LogP contribution in [0.3, 0.4) is 0 Å². The third-order valence-corrected chi connectivity index (χ3v) is 2.61. The molecule has 5 heteroatoms. The highest BCUT2D eigenvalue weighted by Gasteiger charge is 2.30. The molecule has 17 heavy (non-hydrogen) atoms. The van der Waals surface area contributed by atoms with Gasteiger partial charge < -0.3 is 14.2 Å². The summed E-state index contributed by atoms with van der Waals surface area (Å²) in [7, 11) is 0. The van der Waals surface area contributed by atoms with Crippen molar-refractivity contribution in [1.29, 1.82) is 0 Å². The summed E-state index contributed by atoms with van der Waals surface area (Å²) >= 11 is 0. The van der Waals surface area contributed by atoms with Crippen LogP contribution in [0.1, 0.15) is 13.3 Å². The molecule has 0 amide bonds. The first-order chi connectivity index (χ1) is 8.09. The van der Waals surface area contributed by atoms with E-state index in [1.54, 1.807) is 0 Å². The minimum absolute atomic E-state index is 0.297. The van der Waals surface area contributed by atoms with Crippen LogP contribution in [-0.2, 0) is 9.47 Å². The zero-order valence-electron chi connectivity index (χ0n) is 9.54. The lowest BCUT2D eigenvalue weighted by atomic mass is 10.2. The molecule has 1 aromatic rings. The van der Waals surface area contributed by atoms with Gasteiger partial charge in [0.05, 0.1) is 19.8 Å². The van der Waals surface area contributed by atoms with Gasteiger partial charge in [-0.15, -0.1) is 0 Å². The van der Waals surface area contributed by atoms with Crippen LogP contribution in [-0.4, -0.2) is 25.6 Å². The number of benzene rings is 1. The van der Waals surface area contributed by atoms with Crippen molar-refractivity contribution >= 4 is 0 Å². The second-order valence-corrected chi connectivity index (χ2v) is 4.01. The fraction of sp³-hybridized carbons (Fsp3) is 0.500. The second kappa shape index (κ2) is 4.98. The molecule has 1 heterocycles. The molecule has 0 N–H and O–H groups in total. The van der Waals surface area contributed by atoms with E-state index in [0.29, 0.717) is 32.0 Å². The van der Waals surface area contributed by atoms with Crippen LogP contribution in [0.15, 0.2) is 18.2 Å². The monoisotopic (exact) mass is 244 g/mol. The third kappa shape index (κ3) is 3.14. The number of halogens is 2. The van der Waals surface area contributed by atoms with Crippen molar-refractivity contribution in [1.82, 2.24) is 0 Å². The Morgan fingerprint density at radius 2 is 1.94 bits per heavy atom. The summed E-state index contributed by atoms with van der Waals surface area (Å²) in [4.78, 5) is 0. The zero-order chi connectivity index (χ0) is 12.3. The summed E-state index contributed by atoms with van der Waals surface area (Å²) < 4.78 is 41.6. The number of hydrogen-bond acceptors (Lipinski definition) is 3. The van der Waals surface area contributed by atoms with E-state index >= 15 is 0 Å². The Bertz CT molecular complexity index is 389. The van der Waals surface area contributed by atoms with Crippen molar-refractivity contribution in [2.24, 2.45) is 0 Å². The first kappa shape index (κ1) is 12.3. The molecule has 1 fully saturated rings. The van der Waals surface area contributed by atoms with Crippen molar-refractivity contribution in [2.75, 3.05) is 19.8 Å². The maximum atomic E-state index is 12.9. The Morgan fingerprint density at radius 1 is 1.24 bits per heavy atom. The minimum atomic E-state index is -0.915. The predicted molar refractivity (Wildman–Crippen MR) is 56.8 cm³/mol. The normalized spacial score (nSPS) is 18.3. The maximum Gasteiger partial charge on any atom is 0.168 e. The highest BCUT2D eigenvalue weighted by Crippen LogP contribution is 2.23. The standard InChI is InChI=1S/C12H14F2O3/c1-12(16-6-7-17-12)4-5-15-9-2-3-10(13)11(14)8-9/h2-3,8H,4-7H2,1H3. The molecule has 0 atom stereocenters. The van der Waals surface area contributed by atoms with Crippen LogP contribution in [0, 0.1) is 11.6 Å². The molecule has 0 spiro atoms. The molecule has 1 aromatic carbocycles. The average molecular weight is 244 g/mol. The lowest BCUT2D eigenvalue weighted by Crippen LogP contribution is -2.27. The molecule has 0 bridgehead atoms. The van der Waals surface area contributed by atoms with Crippen molar-refractivity contribution in [3.05, 3.63) is 29.8 Å². The van der Waals surface area contributed by atoms with E-state index in [-0.39, 0.29) is 0 Å². The second-order valence-electron chi connectivity index (χ2n) is 4.01. The molecule has 1 saturated heterocycles. The predicted octanol–water partition coefficient (Wildman–Crippen LogP) is 2.50. The molecule has 2 rings (SSSR count). The lowest BCUT2D eigenvalue weighted by molar-refractivity contribution is -0.150. The molecular formula is C12H14F2O3. The van der Waals surface area contributed by atoms with Gasteiger partial charge in [-0.3, -0.25) is 0 Å². The third-order valence-electron chi connectivity index (χ3n) is 2.61. The first-order valence-corrected chi connectivity index (χ1v) is 5.45. The molecule has 94 valence electrons. The molecule has 0 radical (unpaired) electrons. The van der Waals surface area contributed by atoms with Crippen LogP contribution >= 0.6 is 0 Å².